The van der Waals surface area contributed by atoms with Crippen molar-refractivity contribution in [2.45, 2.75) is 13.3 Å². The van der Waals surface area contributed by atoms with Crippen LogP contribution in [0.5, 0.6) is 0 Å². The van der Waals surface area contributed by atoms with Gasteiger partial charge in [-0.3, -0.25) is 9.59 Å². The summed E-state index contributed by atoms with van der Waals surface area (Å²) in [7, 11) is 0. The number of hydrogen-bond acceptors (Lipinski definition) is 7. The molecule has 0 aliphatic rings. The van der Waals surface area contributed by atoms with E-state index in [1.807, 2.05) is 0 Å². The third-order valence-electron chi connectivity index (χ3n) is 2.81. The van der Waals surface area contributed by atoms with E-state index < -0.39 is 11.8 Å². The molecule has 0 amide bonds. The minimum absolute atomic E-state index is 0.0137. The molecule has 7 nitrogen and oxygen atoms in total. The van der Waals surface area contributed by atoms with E-state index in [1.165, 1.54) is 0 Å². The molecule has 1 aromatic carbocycles. The first-order valence-corrected chi connectivity index (χ1v) is 7.72. The van der Waals surface area contributed by atoms with Gasteiger partial charge in [-0.25, -0.2) is 4.79 Å². The summed E-state index contributed by atoms with van der Waals surface area (Å²) in [6.45, 7) is 3.13. The number of carbonyl (C=O) groups is 3. The summed E-state index contributed by atoms with van der Waals surface area (Å²) in [6.07, 6.45) is 0.201. The van der Waals surface area contributed by atoms with Crippen LogP contribution in [0.15, 0.2) is 30.3 Å². The predicted molar refractivity (Wildman–Crippen MR) is 84.6 cm³/mol. The highest BCUT2D eigenvalue weighted by Crippen LogP contribution is 2.01. The van der Waals surface area contributed by atoms with Gasteiger partial charge >= 0.3 is 11.9 Å². The van der Waals surface area contributed by atoms with E-state index in [0.717, 1.165) is 0 Å². The Morgan fingerprint density at radius 2 is 1.46 bits per heavy atom. The second-order valence-corrected chi connectivity index (χ2v) is 4.61. The molecule has 0 unspecified atom stereocenters. The van der Waals surface area contributed by atoms with Gasteiger partial charge in [0.15, 0.2) is 0 Å². The van der Waals surface area contributed by atoms with Gasteiger partial charge in [-0.05, 0) is 6.92 Å². The van der Waals surface area contributed by atoms with Crippen LogP contribution < -0.4 is 0 Å². The molecule has 0 radical (unpaired) electrons. The van der Waals surface area contributed by atoms with E-state index in [1.54, 1.807) is 37.3 Å². The van der Waals surface area contributed by atoms with Crippen LogP contribution in [0.1, 0.15) is 23.7 Å². The zero-order valence-electron chi connectivity index (χ0n) is 13.7. The van der Waals surface area contributed by atoms with E-state index in [0.29, 0.717) is 25.4 Å². The molecule has 0 aromatic heterocycles. The third kappa shape index (κ3) is 8.40. The average Bonchev–Trinajstić information content (AvgIpc) is 2.60. The van der Waals surface area contributed by atoms with Crippen LogP contribution in [0.4, 0.5) is 0 Å². The van der Waals surface area contributed by atoms with E-state index in [4.69, 9.17) is 18.9 Å². The van der Waals surface area contributed by atoms with Crippen LogP contribution in [0.3, 0.4) is 0 Å². The fourth-order valence-corrected chi connectivity index (χ4v) is 1.68. The number of ether oxygens (including phenoxy) is 4. The Hall–Kier alpha value is -2.25. The molecule has 24 heavy (non-hydrogen) atoms. The summed E-state index contributed by atoms with van der Waals surface area (Å²) in [4.78, 5) is 34.3. The molecule has 1 aromatic rings. The molecule has 0 spiro atoms. The van der Waals surface area contributed by atoms with Gasteiger partial charge < -0.3 is 18.9 Å². The number of benzene rings is 1. The summed E-state index contributed by atoms with van der Waals surface area (Å²) in [6, 6.07) is 8.20. The van der Waals surface area contributed by atoms with E-state index in [-0.39, 0.29) is 32.2 Å². The van der Waals surface area contributed by atoms with Crippen molar-refractivity contribution in [3.05, 3.63) is 35.9 Å². The van der Waals surface area contributed by atoms with Crippen molar-refractivity contribution >= 4 is 17.7 Å². The zero-order valence-corrected chi connectivity index (χ0v) is 13.7. The topological polar surface area (TPSA) is 88.1 Å². The minimum atomic E-state index is -0.907. The lowest BCUT2D eigenvalue weighted by Gasteiger charge is -2.06. The number of Topliss-reactive ketones (excluding diaryl/α,β-unsaturated/α-hetero) is 1. The number of carbonyl (C=O) groups excluding carboxylic acids is 3. The molecule has 0 saturated heterocycles. The molecule has 0 saturated carbocycles. The molecular formula is C17H22O7. The summed E-state index contributed by atoms with van der Waals surface area (Å²) in [5.41, 5.74) is 0.290. The Labute approximate surface area is 140 Å². The Morgan fingerprint density at radius 1 is 0.833 bits per heavy atom. The highest BCUT2D eigenvalue weighted by atomic mass is 16.6. The van der Waals surface area contributed by atoms with E-state index in [2.05, 4.69) is 0 Å². The number of hydrogen-bond donors (Lipinski definition) is 0. The Balaban J connectivity index is 1.99. The molecule has 7 heteroatoms. The highest BCUT2D eigenvalue weighted by molar-refractivity contribution is 6.40. The second-order valence-electron chi connectivity index (χ2n) is 4.61. The molecular weight excluding hydrogens is 316 g/mol. The van der Waals surface area contributed by atoms with Crippen molar-refractivity contribution in [2.75, 3.05) is 39.6 Å². The highest BCUT2D eigenvalue weighted by Gasteiger charge is 2.16. The lowest BCUT2D eigenvalue weighted by Crippen LogP contribution is -2.20. The van der Waals surface area contributed by atoms with Crippen LogP contribution in [0.25, 0.3) is 0 Å². The molecule has 0 fully saturated rings. The first kappa shape index (κ1) is 19.8. The summed E-state index contributed by atoms with van der Waals surface area (Å²) in [5, 5.41) is 0. The zero-order chi connectivity index (χ0) is 17.6. The van der Waals surface area contributed by atoms with Crippen molar-refractivity contribution in [1.82, 2.24) is 0 Å². The number of esters is 2. The fourth-order valence-electron chi connectivity index (χ4n) is 1.68. The van der Waals surface area contributed by atoms with Crippen LogP contribution in [-0.2, 0) is 28.5 Å². The van der Waals surface area contributed by atoms with Gasteiger partial charge in [0.25, 0.3) is 5.78 Å². The largest absolute Gasteiger partial charge is 0.466 e. The average molecular weight is 338 g/mol. The molecule has 0 aliphatic heterocycles. The van der Waals surface area contributed by atoms with Gasteiger partial charge in [0.2, 0.25) is 0 Å². The predicted octanol–water partition coefficient (Wildman–Crippen LogP) is 1.40. The van der Waals surface area contributed by atoms with Crippen LogP contribution in [-0.4, -0.2) is 57.4 Å². The van der Waals surface area contributed by atoms with Gasteiger partial charge in [-0.15, -0.1) is 0 Å². The smallest absolute Gasteiger partial charge is 0.379 e. The van der Waals surface area contributed by atoms with Crippen molar-refractivity contribution in [3.63, 3.8) is 0 Å². The lowest BCUT2D eigenvalue weighted by molar-refractivity contribution is -0.144. The quantitative estimate of drug-likeness (QED) is 0.246. The molecule has 0 atom stereocenters. The molecule has 132 valence electrons. The Bertz CT molecular complexity index is 513. The first-order valence-electron chi connectivity index (χ1n) is 7.72. The van der Waals surface area contributed by atoms with Gasteiger partial charge in [-0.2, -0.15) is 0 Å². The van der Waals surface area contributed by atoms with Crippen molar-refractivity contribution in [3.8, 4) is 0 Å². The van der Waals surface area contributed by atoms with Crippen LogP contribution in [0.2, 0.25) is 0 Å². The molecule has 0 aliphatic carbocycles. The van der Waals surface area contributed by atoms with Crippen molar-refractivity contribution < 1.29 is 33.3 Å². The maximum atomic E-state index is 11.7. The maximum Gasteiger partial charge on any atom is 0.379 e. The maximum absolute atomic E-state index is 11.7. The summed E-state index contributed by atoms with van der Waals surface area (Å²) >= 11 is 0. The van der Waals surface area contributed by atoms with Crippen LogP contribution >= 0.6 is 0 Å². The Kier molecular flexibility index (Phi) is 10.1. The summed E-state index contributed by atoms with van der Waals surface area (Å²) in [5.74, 6) is -1.89. The molecule has 1 rings (SSSR count). The second kappa shape index (κ2) is 12.2. The fraction of sp³-hybridized carbons (Fsp3) is 0.471. The van der Waals surface area contributed by atoms with E-state index >= 15 is 0 Å². The van der Waals surface area contributed by atoms with Crippen LogP contribution in [0, 0.1) is 0 Å². The van der Waals surface area contributed by atoms with E-state index in [9.17, 15) is 14.4 Å². The summed E-state index contributed by atoms with van der Waals surface area (Å²) < 4.78 is 20.0. The monoisotopic (exact) mass is 338 g/mol. The van der Waals surface area contributed by atoms with Gasteiger partial charge in [0, 0.05) is 5.56 Å². The molecule has 0 bridgehead atoms. The van der Waals surface area contributed by atoms with Crippen molar-refractivity contribution in [1.29, 1.82) is 0 Å². The SMILES string of the molecule is CCOC(=O)CCOCCOCCOC(=O)C(=O)c1ccccc1. The Morgan fingerprint density at radius 3 is 2.12 bits per heavy atom. The number of rotatable bonds is 12. The molecule has 0 heterocycles. The minimum Gasteiger partial charge on any atom is -0.466 e. The first-order chi connectivity index (χ1) is 11.6. The van der Waals surface area contributed by atoms with Gasteiger partial charge in [-0.1, -0.05) is 30.3 Å². The van der Waals surface area contributed by atoms with Gasteiger partial charge in [0.1, 0.15) is 6.61 Å². The lowest BCUT2D eigenvalue weighted by atomic mass is 10.1. The third-order valence-corrected chi connectivity index (χ3v) is 2.81. The van der Waals surface area contributed by atoms with Crippen molar-refractivity contribution in [2.24, 2.45) is 0 Å². The standard InChI is InChI=1S/C17H22O7/c1-2-23-15(18)8-9-21-10-11-22-12-13-24-17(20)16(19)14-6-4-3-5-7-14/h3-7H,2,8-13H2,1H3. The van der Waals surface area contributed by atoms with Gasteiger partial charge in [0.05, 0.1) is 39.5 Å². The molecule has 0 N–H and O–H groups in total. The number of ketones is 1. The normalized spacial score (nSPS) is 10.2.